The molecule has 1 fully saturated rings. The second kappa shape index (κ2) is 6.01. The molecule has 0 amide bonds. The summed E-state index contributed by atoms with van der Waals surface area (Å²) in [5.41, 5.74) is 7.86. The van der Waals surface area contributed by atoms with Crippen LogP contribution in [-0.4, -0.2) is 41.2 Å². The molecule has 2 aromatic rings. The number of phenolic OH excluding ortho intramolecular Hbond substituents is 1. The van der Waals surface area contributed by atoms with Gasteiger partial charge in [-0.3, -0.25) is 4.90 Å². The quantitative estimate of drug-likeness (QED) is 0.898. The van der Waals surface area contributed by atoms with Crippen molar-refractivity contribution in [3.63, 3.8) is 0 Å². The van der Waals surface area contributed by atoms with Crippen LogP contribution in [0.4, 0.5) is 11.5 Å². The summed E-state index contributed by atoms with van der Waals surface area (Å²) in [4.78, 5) is 8.98. The van der Waals surface area contributed by atoms with Crippen molar-refractivity contribution in [1.29, 1.82) is 0 Å². The molecule has 21 heavy (non-hydrogen) atoms. The number of nitrogens with zero attached hydrogens (tertiary/aromatic N) is 3. The van der Waals surface area contributed by atoms with Crippen LogP contribution in [-0.2, 0) is 6.54 Å². The number of aromatic nitrogens is 1. The molecular formula is C16H20N4O. The fourth-order valence-corrected chi connectivity index (χ4v) is 2.70. The van der Waals surface area contributed by atoms with Crippen molar-refractivity contribution in [3.05, 3.63) is 48.2 Å². The highest BCUT2D eigenvalue weighted by atomic mass is 16.3. The summed E-state index contributed by atoms with van der Waals surface area (Å²) in [7, 11) is 0. The zero-order valence-electron chi connectivity index (χ0n) is 11.9. The van der Waals surface area contributed by atoms with E-state index in [4.69, 9.17) is 5.73 Å². The molecule has 1 aliphatic heterocycles. The van der Waals surface area contributed by atoms with Crippen LogP contribution in [0.3, 0.4) is 0 Å². The molecule has 5 nitrogen and oxygen atoms in total. The third-order valence-corrected chi connectivity index (χ3v) is 3.81. The Labute approximate surface area is 124 Å². The largest absolute Gasteiger partial charge is 0.508 e. The molecular weight excluding hydrogens is 264 g/mol. The minimum atomic E-state index is 0.326. The van der Waals surface area contributed by atoms with Gasteiger partial charge in [-0.2, -0.15) is 0 Å². The van der Waals surface area contributed by atoms with E-state index in [1.54, 1.807) is 12.3 Å². The van der Waals surface area contributed by atoms with Gasteiger partial charge in [-0.25, -0.2) is 4.98 Å². The summed E-state index contributed by atoms with van der Waals surface area (Å²) >= 11 is 0. The van der Waals surface area contributed by atoms with Gasteiger partial charge in [-0.15, -0.1) is 0 Å². The van der Waals surface area contributed by atoms with Crippen LogP contribution in [0.25, 0.3) is 0 Å². The number of piperazine rings is 1. The van der Waals surface area contributed by atoms with Crippen LogP contribution in [0, 0.1) is 0 Å². The third kappa shape index (κ3) is 3.25. The van der Waals surface area contributed by atoms with E-state index in [1.807, 2.05) is 30.3 Å². The summed E-state index contributed by atoms with van der Waals surface area (Å²) < 4.78 is 0. The van der Waals surface area contributed by atoms with E-state index in [1.165, 1.54) is 0 Å². The lowest BCUT2D eigenvalue weighted by Gasteiger charge is -2.35. The van der Waals surface area contributed by atoms with Gasteiger partial charge < -0.3 is 15.7 Å². The molecule has 0 atom stereocenters. The highest BCUT2D eigenvalue weighted by molar-refractivity contribution is 5.62. The Morgan fingerprint density at radius 3 is 2.62 bits per heavy atom. The molecule has 5 heteroatoms. The molecule has 1 aromatic carbocycles. The molecule has 1 aliphatic rings. The van der Waals surface area contributed by atoms with E-state index in [0.29, 0.717) is 5.75 Å². The lowest BCUT2D eigenvalue weighted by molar-refractivity contribution is 0.249. The minimum Gasteiger partial charge on any atom is -0.508 e. The maximum absolute atomic E-state index is 9.51. The lowest BCUT2D eigenvalue weighted by atomic mass is 10.2. The molecule has 0 bridgehead atoms. The van der Waals surface area contributed by atoms with E-state index in [2.05, 4.69) is 14.8 Å². The van der Waals surface area contributed by atoms with Crippen molar-refractivity contribution in [1.82, 2.24) is 9.88 Å². The number of benzene rings is 1. The second-order valence-electron chi connectivity index (χ2n) is 5.35. The molecule has 2 heterocycles. The summed E-state index contributed by atoms with van der Waals surface area (Å²) in [6, 6.07) is 11.2. The Bertz CT molecular complexity index is 609. The van der Waals surface area contributed by atoms with Crippen LogP contribution < -0.4 is 10.6 Å². The Morgan fingerprint density at radius 2 is 1.90 bits per heavy atom. The Balaban J connectivity index is 1.59. The van der Waals surface area contributed by atoms with Gasteiger partial charge in [-0.1, -0.05) is 12.1 Å². The first-order chi connectivity index (χ1) is 10.2. The number of pyridine rings is 1. The van der Waals surface area contributed by atoms with Gasteiger partial charge in [0.1, 0.15) is 5.75 Å². The summed E-state index contributed by atoms with van der Waals surface area (Å²) in [5, 5.41) is 9.51. The normalized spacial score (nSPS) is 16.1. The standard InChI is InChI=1S/C16H20N4O/c17-15-5-2-6-18-16(15)20-9-7-19(8-10-20)12-13-3-1-4-14(21)11-13/h1-6,11,21H,7-10,12,17H2. The summed E-state index contributed by atoms with van der Waals surface area (Å²) in [6.45, 7) is 4.62. The molecule has 0 unspecified atom stereocenters. The topological polar surface area (TPSA) is 65.6 Å². The molecule has 0 spiro atoms. The predicted octanol–water partition coefficient (Wildman–Crippen LogP) is 1.69. The van der Waals surface area contributed by atoms with Gasteiger partial charge in [0.2, 0.25) is 0 Å². The van der Waals surface area contributed by atoms with E-state index in [0.717, 1.165) is 49.8 Å². The zero-order valence-corrected chi connectivity index (χ0v) is 11.9. The second-order valence-corrected chi connectivity index (χ2v) is 5.35. The van der Waals surface area contributed by atoms with Crippen LogP contribution >= 0.6 is 0 Å². The van der Waals surface area contributed by atoms with Crippen molar-refractivity contribution in [2.75, 3.05) is 36.8 Å². The number of nitrogens with two attached hydrogens (primary N) is 1. The highest BCUT2D eigenvalue weighted by Crippen LogP contribution is 2.21. The number of anilines is 2. The van der Waals surface area contributed by atoms with Crippen LogP contribution in [0.2, 0.25) is 0 Å². The molecule has 110 valence electrons. The van der Waals surface area contributed by atoms with E-state index < -0.39 is 0 Å². The number of rotatable bonds is 3. The number of phenols is 1. The van der Waals surface area contributed by atoms with Crippen LogP contribution in [0.15, 0.2) is 42.6 Å². The van der Waals surface area contributed by atoms with Crippen molar-refractivity contribution >= 4 is 11.5 Å². The molecule has 3 N–H and O–H groups in total. The maximum Gasteiger partial charge on any atom is 0.151 e. The van der Waals surface area contributed by atoms with Gasteiger partial charge in [0.15, 0.2) is 5.82 Å². The van der Waals surface area contributed by atoms with Crippen molar-refractivity contribution in [2.24, 2.45) is 0 Å². The molecule has 0 radical (unpaired) electrons. The van der Waals surface area contributed by atoms with Crippen molar-refractivity contribution in [2.45, 2.75) is 6.54 Å². The van der Waals surface area contributed by atoms with Gasteiger partial charge in [0.05, 0.1) is 5.69 Å². The van der Waals surface area contributed by atoms with E-state index in [-0.39, 0.29) is 0 Å². The van der Waals surface area contributed by atoms with Crippen molar-refractivity contribution in [3.8, 4) is 5.75 Å². The Hall–Kier alpha value is -2.27. The predicted molar refractivity (Wildman–Crippen MR) is 84.2 cm³/mol. The molecule has 1 saturated heterocycles. The van der Waals surface area contributed by atoms with E-state index >= 15 is 0 Å². The fourth-order valence-electron chi connectivity index (χ4n) is 2.70. The maximum atomic E-state index is 9.51. The SMILES string of the molecule is Nc1cccnc1N1CCN(Cc2cccc(O)c2)CC1. The average molecular weight is 284 g/mol. The Morgan fingerprint density at radius 1 is 1.10 bits per heavy atom. The highest BCUT2D eigenvalue weighted by Gasteiger charge is 2.19. The number of hydrogen-bond acceptors (Lipinski definition) is 5. The zero-order chi connectivity index (χ0) is 14.7. The summed E-state index contributed by atoms with van der Waals surface area (Å²) in [5.74, 6) is 1.21. The van der Waals surface area contributed by atoms with E-state index in [9.17, 15) is 5.11 Å². The first-order valence-electron chi connectivity index (χ1n) is 7.18. The number of aromatic hydroxyl groups is 1. The van der Waals surface area contributed by atoms with Crippen LogP contribution in [0.1, 0.15) is 5.56 Å². The lowest BCUT2D eigenvalue weighted by Crippen LogP contribution is -2.46. The number of hydrogen-bond donors (Lipinski definition) is 2. The first-order valence-corrected chi connectivity index (χ1v) is 7.18. The third-order valence-electron chi connectivity index (χ3n) is 3.81. The minimum absolute atomic E-state index is 0.326. The molecule has 3 rings (SSSR count). The first kappa shape index (κ1) is 13.7. The Kier molecular flexibility index (Phi) is 3.92. The van der Waals surface area contributed by atoms with Crippen molar-refractivity contribution < 1.29 is 5.11 Å². The monoisotopic (exact) mass is 284 g/mol. The molecule has 0 saturated carbocycles. The summed E-state index contributed by atoms with van der Waals surface area (Å²) in [6.07, 6.45) is 1.78. The van der Waals surface area contributed by atoms with Crippen LogP contribution in [0.5, 0.6) is 5.75 Å². The average Bonchev–Trinajstić information content (AvgIpc) is 2.49. The molecule has 1 aromatic heterocycles. The number of nitrogen functional groups attached to an aromatic ring is 1. The fraction of sp³-hybridized carbons (Fsp3) is 0.312. The molecule has 0 aliphatic carbocycles. The smallest absolute Gasteiger partial charge is 0.151 e. The van der Waals surface area contributed by atoms with Gasteiger partial charge in [0.25, 0.3) is 0 Å². The van der Waals surface area contributed by atoms with Gasteiger partial charge in [0, 0.05) is 38.9 Å². The van der Waals surface area contributed by atoms with Gasteiger partial charge >= 0.3 is 0 Å². The van der Waals surface area contributed by atoms with Gasteiger partial charge in [-0.05, 0) is 29.8 Å².